The van der Waals surface area contributed by atoms with Crippen molar-refractivity contribution in [3.05, 3.63) is 53.9 Å². The van der Waals surface area contributed by atoms with Crippen LogP contribution >= 0.6 is 0 Å². The Labute approximate surface area is 280 Å². The van der Waals surface area contributed by atoms with Gasteiger partial charge in [-0.05, 0) is 139 Å². The maximum absolute atomic E-state index is 14.7. The van der Waals surface area contributed by atoms with Gasteiger partial charge in [0.25, 0.3) is 0 Å². The van der Waals surface area contributed by atoms with E-state index in [-0.39, 0.29) is 21.8 Å². The number of aromatic carboxylic acids is 1. The third-order valence-corrected chi connectivity index (χ3v) is 13.1. The van der Waals surface area contributed by atoms with Gasteiger partial charge in [0.1, 0.15) is 5.82 Å². The van der Waals surface area contributed by atoms with Gasteiger partial charge in [0.05, 0.1) is 5.56 Å². The molecule has 4 fully saturated rings. The van der Waals surface area contributed by atoms with E-state index in [1.807, 2.05) is 20.8 Å². The van der Waals surface area contributed by atoms with Crippen LogP contribution in [-0.2, 0) is 0 Å². The molecule has 2 N–H and O–H groups in total. The second-order valence-corrected chi connectivity index (χ2v) is 15.0. The summed E-state index contributed by atoms with van der Waals surface area (Å²) in [5.41, 5.74) is 2.43. The standard InChI is InChI=1S/C33H45FO3.C3H6.C2H6.2C2H2/c1-30(2)23(20-7-8-22(29(36)37)26(34)18-20)11-15-32(4)27(30)13-16-31(3)24-12-17-33(19-35)14-5-6-25(33)21(24)9-10-28(31)32;1-3-2;3*1-2/h7-8,11,18,21,24-25,27-28,35H,5-6,9-10,12-17,19H2,1-4H3,(H,36,37);3H,1H2,2H3;1-2H3;2*1-2H/t21-,24?,25?,27?,28?,31-,32-,33+;;;;/m0..../s1. The van der Waals surface area contributed by atoms with Crippen molar-refractivity contribution in [3.8, 4) is 25.7 Å². The van der Waals surface area contributed by atoms with E-state index in [0.717, 1.165) is 29.7 Å². The number of carboxylic acid groups (broad SMARTS) is 1. The highest BCUT2D eigenvalue weighted by molar-refractivity contribution is 5.88. The minimum absolute atomic E-state index is 0.105. The largest absolute Gasteiger partial charge is 0.478 e. The number of allylic oxidation sites excluding steroid dienone is 3. The number of hydrogen-bond donors (Lipinski definition) is 2. The Bertz CT molecular complexity index is 1270. The lowest BCUT2D eigenvalue weighted by Crippen LogP contribution is -2.61. The van der Waals surface area contributed by atoms with Crippen LogP contribution in [0, 0.1) is 82.8 Å². The predicted molar refractivity (Wildman–Crippen MR) is 191 cm³/mol. The maximum atomic E-state index is 14.7. The quantitative estimate of drug-likeness (QED) is 0.257. The van der Waals surface area contributed by atoms with E-state index >= 15 is 0 Å². The van der Waals surface area contributed by atoms with E-state index in [1.165, 1.54) is 75.5 Å². The van der Waals surface area contributed by atoms with Crippen LogP contribution in [0.2, 0.25) is 0 Å². The molecule has 3 nitrogen and oxygen atoms in total. The van der Waals surface area contributed by atoms with Gasteiger partial charge in [0.15, 0.2) is 0 Å². The van der Waals surface area contributed by atoms with Crippen molar-refractivity contribution in [1.82, 2.24) is 0 Å². The van der Waals surface area contributed by atoms with E-state index in [4.69, 9.17) is 0 Å². The average molecular weight is 633 g/mol. The molecular formula is C42H61FO3. The van der Waals surface area contributed by atoms with Gasteiger partial charge in [-0.2, -0.15) is 0 Å². The monoisotopic (exact) mass is 632 g/mol. The highest BCUT2D eigenvalue weighted by Gasteiger charge is 2.65. The fourth-order valence-electron chi connectivity index (χ4n) is 11.6. The summed E-state index contributed by atoms with van der Waals surface area (Å²) in [6.07, 6.45) is 32.6. The molecule has 254 valence electrons. The van der Waals surface area contributed by atoms with Crippen LogP contribution in [0.15, 0.2) is 36.9 Å². The van der Waals surface area contributed by atoms with E-state index in [9.17, 15) is 19.4 Å². The molecule has 0 saturated heterocycles. The number of fused-ring (bicyclic) bond motifs is 7. The smallest absolute Gasteiger partial charge is 0.338 e. The normalized spacial score (nSPS) is 36.0. The van der Waals surface area contributed by atoms with Crippen molar-refractivity contribution in [2.45, 2.75) is 113 Å². The summed E-state index contributed by atoms with van der Waals surface area (Å²) in [6.45, 7) is 19.5. The van der Waals surface area contributed by atoms with Crippen LogP contribution < -0.4 is 0 Å². The molecule has 1 aromatic rings. The molecule has 4 saturated carbocycles. The van der Waals surface area contributed by atoms with Crippen LogP contribution in [0.25, 0.3) is 5.57 Å². The lowest BCUT2D eigenvalue weighted by Gasteiger charge is -2.68. The molecule has 0 bridgehead atoms. The topological polar surface area (TPSA) is 57.5 Å². The highest BCUT2D eigenvalue weighted by atomic mass is 19.1. The van der Waals surface area contributed by atoms with Crippen molar-refractivity contribution in [1.29, 1.82) is 0 Å². The third-order valence-electron chi connectivity index (χ3n) is 13.1. The summed E-state index contributed by atoms with van der Waals surface area (Å²) in [6, 6.07) is 4.67. The molecule has 4 heteroatoms. The van der Waals surface area contributed by atoms with Crippen LogP contribution in [0.4, 0.5) is 4.39 Å². The first-order valence-electron chi connectivity index (χ1n) is 17.5. The summed E-state index contributed by atoms with van der Waals surface area (Å²) in [5.74, 6) is 1.62. The van der Waals surface area contributed by atoms with Gasteiger partial charge >= 0.3 is 5.97 Å². The Kier molecular flexibility index (Phi) is 13.6. The number of hydrogen-bond acceptors (Lipinski definition) is 2. The second kappa shape index (κ2) is 15.8. The minimum Gasteiger partial charge on any atom is -0.478 e. The van der Waals surface area contributed by atoms with Crippen LogP contribution in [-0.4, -0.2) is 22.8 Å². The van der Waals surface area contributed by atoms with Gasteiger partial charge in [-0.25, -0.2) is 9.18 Å². The molecule has 0 heterocycles. The molecule has 46 heavy (non-hydrogen) atoms. The number of halogens is 1. The first-order chi connectivity index (χ1) is 21.9. The van der Waals surface area contributed by atoms with Crippen molar-refractivity contribution in [2.24, 2.45) is 51.2 Å². The second-order valence-electron chi connectivity index (χ2n) is 15.0. The molecule has 6 rings (SSSR count). The summed E-state index contributed by atoms with van der Waals surface area (Å²) in [7, 11) is 0. The summed E-state index contributed by atoms with van der Waals surface area (Å²) >= 11 is 0. The van der Waals surface area contributed by atoms with Crippen molar-refractivity contribution in [2.75, 3.05) is 6.61 Å². The Morgan fingerprint density at radius 2 is 1.57 bits per heavy atom. The lowest BCUT2D eigenvalue weighted by atomic mass is 9.36. The van der Waals surface area contributed by atoms with E-state index in [0.29, 0.717) is 23.9 Å². The Balaban J connectivity index is 0.000000749. The molecule has 0 radical (unpaired) electrons. The van der Waals surface area contributed by atoms with Crippen LogP contribution in [0.1, 0.15) is 129 Å². The van der Waals surface area contributed by atoms with Crippen LogP contribution in [0.5, 0.6) is 0 Å². The number of aliphatic hydroxyl groups is 1. The molecule has 0 aromatic heterocycles. The third kappa shape index (κ3) is 6.49. The van der Waals surface area contributed by atoms with Gasteiger partial charge in [-0.3, -0.25) is 0 Å². The lowest BCUT2D eigenvalue weighted by molar-refractivity contribution is -0.181. The van der Waals surface area contributed by atoms with Gasteiger partial charge in [0, 0.05) is 6.61 Å². The zero-order chi connectivity index (χ0) is 35.1. The molecule has 0 spiro atoms. The molecule has 8 atom stereocenters. The SMILES string of the molecule is C#C.C#C.C=CC.CC.CC1(C)C(c2ccc(C(=O)O)c(F)c2)=CC[C@@]2(C)C1CC[C@@]1(C)C3CC[C@@]4(CO)CCCC4[C@H]3CCC12. The maximum Gasteiger partial charge on any atom is 0.338 e. The summed E-state index contributed by atoms with van der Waals surface area (Å²) in [5, 5.41) is 19.7. The summed E-state index contributed by atoms with van der Waals surface area (Å²) in [4.78, 5) is 11.4. The molecular weight excluding hydrogens is 571 g/mol. The molecule has 4 unspecified atom stereocenters. The van der Waals surface area contributed by atoms with E-state index in [1.54, 1.807) is 12.1 Å². The van der Waals surface area contributed by atoms with Crippen molar-refractivity contribution in [3.63, 3.8) is 0 Å². The molecule has 0 aliphatic heterocycles. The Morgan fingerprint density at radius 1 is 0.935 bits per heavy atom. The van der Waals surface area contributed by atoms with Gasteiger partial charge in [0.2, 0.25) is 0 Å². The molecule has 1 aromatic carbocycles. The number of carbonyl (C=O) groups is 1. The molecule has 5 aliphatic rings. The number of benzene rings is 1. The van der Waals surface area contributed by atoms with Crippen molar-refractivity contribution >= 4 is 11.5 Å². The van der Waals surface area contributed by atoms with Crippen molar-refractivity contribution < 1.29 is 19.4 Å². The van der Waals surface area contributed by atoms with Gasteiger partial charge < -0.3 is 10.2 Å². The number of rotatable bonds is 3. The molecule has 0 amide bonds. The first kappa shape index (κ1) is 39.4. The minimum atomic E-state index is -1.22. The van der Waals surface area contributed by atoms with Gasteiger partial charge in [-0.1, -0.05) is 66.2 Å². The van der Waals surface area contributed by atoms with E-state index in [2.05, 4.69) is 66.0 Å². The number of carboxylic acids is 1. The van der Waals surface area contributed by atoms with Gasteiger partial charge in [-0.15, -0.1) is 32.3 Å². The zero-order valence-electron chi connectivity index (χ0n) is 29.7. The zero-order valence-corrected chi connectivity index (χ0v) is 29.7. The van der Waals surface area contributed by atoms with Crippen LogP contribution in [0.3, 0.4) is 0 Å². The van der Waals surface area contributed by atoms with E-state index < -0.39 is 11.8 Å². The Hall–Kier alpha value is -2.82. The summed E-state index contributed by atoms with van der Waals surface area (Å²) < 4.78 is 14.7. The number of aliphatic hydroxyl groups excluding tert-OH is 1. The number of terminal acetylenes is 2. The fraction of sp³-hybridized carbons (Fsp3) is 0.643. The average Bonchev–Trinajstić information content (AvgIpc) is 3.49. The fourth-order valence-corrected chi connectivity index (χ4v) is 11.6. The first-order valence-corrected chi connectivity index (χ1v) is 17.5. The predicted octanol–water partition coefficient (Wildman–Crippen LogP) is 10.7. The highest BCUT2D eigenvalue weighted by Crippen LogP contribution is 2.73. The Morgan fingerprint density at radius 3 is 2.13 bits per heavy atom. The molecule has 5 aliphatic carbocycles.